The van der Waals surface area contributed by atoms with Crippen molar-refractivity contribution in [3.63, 3.8) is 0 Å². The van der Waals surface area contributed by atoms with Crippen molar-refractivity contribution < 1.29 is 19.4 Å². The molecular formula is C15H21NO4. The summed E-state index contributed by atoms with van der Waals surface area (Å²) in [5.41, 5.74) is 0. The number of carbonyl (C=O) groups is 1. The molecule has 0 aromatic heterocycles. The first-order valence-corrected chi connectivity index (χ1v) is 6.90. The van der Waals surface area contributed by atoms with E-state index in [-0.39, 0.29) is 18.6 Å². The number of aliphatic hydroxyl groups is 1. The van der Waals surface area contributed by atoms with E-state index in [1.807, 2.05) is 6.07 Å². The Morgan fingerprint density at radius 2 is 2.20 bits per heavy atom. The molecule has 1 aliphatic carbocycles. The highest BCUT2D eigenvalue weighted by atomic mass is 16.5. The number of rotatable bonds is 8. The Hall–Kier alpha value is -1.75. The van der Waals surface area contributed by atoms with Gasteiger partial charge < -0.3 is 19.9 Å². The summed E-state index contributed by atoms with van der Waals surface area (Å²) in [5, 5.41) is 12.4. The van der Waals surface area contributed by atoms with Crippen LogP contribution < -0.4 is 14.8 Å². The topological polar surface area (TPSA) is 67.8 Å². The molecule has 1 aromatic carbocycles. The quantitative estimate of drug-likeness (QED) is 0.754. The van der Waals surface area contributed by atoms with Crippen molar-refractivity contribution in [1.29, 1.82) is 0 Å². The Kier molecular flexibility index (Phi) is 5.24. The summed E-state index contributed by atoms with van der Waals surface area (Å²) in [6.07, 6.45) is 2.53. The third kappa shape index (κ3) is 4.74. The molecule has 0 saturated heterocycles. The number of hydrogen-bond acceptors (Lipinski definition) is 4. The fourth-order valence-electron chi connectivity index (χ4n) is 1.97. The van der Waals surface area contributed by atoms with E-state index in [4.69, 9.17) is 9.47 Å². The number of aliphatic hydroxyl groups excluding tert-OH is 1. The molecule has 0 bridgehead atoms. The fraction of sp³-hybridized carbons (Fsp3) is 0.533. The number of benzene rings is 1. The molecule has 20 heavy (non-hydrogen) atoms. The smallest absolute Gasteiger partial charge is 0.257 e. The lowest BCUT2D eigenvalue weighted by atomic mass is 10.2. The Labute approximate surface area is 118 Å². The molecule has 2 rings (SSSR count). The Balaban J connectivity index is 1.63. The Morgan fingerprint density at radius 3 is 2.90 bits per heavy atom. The first-order valence-electron chi connectivity index (χ1n) is 6.90. The monoisotopic (exact) mass is 279 g/mol. The second-order valence-electron chi connectivity index (χ2n) is 5.01. The molecule has 0 unspecified atom stereocenters. The predicted octanol–water partition coefficient (Wildman–Crippen LogP) is 1.35. The highest BCUT2D eigenvalue weighted by Crippen LogP contribution is 2.33. The maximum atomic E-state index is 11.6. The average molecular weight is 279 g/mol. The molecule has 1 aromatic rings. The second-order valence-corrected chi connectivity index (χ2v) is 5.01. The maximum Gasteiger partial charge on any atom is 0.257 e. The van der Waals surface area contributed by atoms with Gasteiger partial charge in [0.2, 0.25) is 0 Å². The molecule has 1 atom stereocenters. The molecule has 2 N–H and O–H groups in total. The predicted molar refractivity (Wildman–Crippen MR) is 74.8 cm³/mol. The first kappa shape index (κ1) is 14.7. The zero-order chi connectivity index (χ0) is 14.4. The van der Waals surface area contributed by atoms with Gasteiger partial charge in [0, 0.05) is 12.6 Å². The van der Waals surface area contributed by atoms with E-state index in [2.05, 4.69) is 5.32 Å². The van der Waals surface area contributed by atoms with Gasteiger partial charge in [-0.3, -0.25) is 4.79 Å². The van der Waals surface area contributed by atoms with Crippen molar-refractivity contribution in [2.45, 2.75) is 25.4 Å². The third-order valence-electron chi connectivity index (χ3n) is 3.34. The van der Waals surface area contributed by atoms with Gasteiger partial charge in [0.1, 0.15) is 11.5 Å². The van der Waals surface area contributed by atoms with Gasteiger partial charge in [0.05, 0.1) is 13.2 Å². The zero-order valence-corrected chi connectivity index (χ0v) is 11.7. The summed E-state index contributed by atoms with van der Waals surface area (Å²) in [4.78, 5) is 11.6. The molecule has 1 fully saturated rings. The molecule has 1 aliphatic rings. The lowest BCUT2D eigenvalue weighted by Crippen LogP contribution is -2.31. The highest BCUT2D eigenvalue weighted by molar-refractivity contribution is 5.77. The molecule has 0 aliphatic heterocycles. The summed E-state index contributed by atoms with van der Waals surface area (Å²) in [7, 11) is 1.58. The number of amides is 1. The lowest BCUT2D eigenvalue weighted by Gasteiger charge is -2.11. The standard InChI is InChI=1S/C15H21NO4/c1-19-12-3-2-4-13(9-12)20-10-15(18)16-8-7-14(17)11-5-6-11/h2-4,9,11,14,17H,5-8,10H2,1H3,(H,16,18)/t14-/m1/s1. The average Bonchev–Trinajstić information content (AvgIpc) is 3.30. The Bertz CT molecular complexity index is 445. The number of ether oxygens (including phenoxy) is 2. The summed E-state index contributed by atoms with van der Waals surface area (Å²) >= 11 is 0. The zero-order valence-electron chi connectivity index (χ0n) is 11.7. The summed E-state index contributed by atoms with van der Waals surface area (Å²) in [5.74, 6) is 1.55. The van der Waals surface area contributed by atoms with Crippen LogP contribution in [-0.4, -0.2) is 37.4 Å². The normalized spacial score (nSPS) is 15.5. The van der Waals surface area contributed by atoms with Crippen molar-refractivity contribution >= 4 is 5.91 Å². The van der Waals surface area contributed by atoms with Gasteiger partial charge in [-0.25, -0.2) is 0 Å². The van der Waals surface area contributed by atoms with Crippen LogP contribution in [0.25, 0.3) is 0 Å². The molecule has 110 valence electrons. The summed E-state index contributed by atoms with van der Waals surface area (Å²) in [6, 6.07) is 7.11. The first-order chi connectivity index (χ1) is 9.69. The van der Waals surface area contributed by atoms with E-state index in [1.54, 1.807) is 25.3 Å². The molecule has 0 heterocycles. The number of carbonyl (C=O) groups excluding carboxylic acids is 1. The van der Waals surface area contributed by atoms with Crippen LogP contribution >= 0.6 is 0 Å². The van der Waals surface area contributed by atoms with Gasteiger partial charge >= 0.3 is 0 Å². The molecule has 5 heteroatoms. The van der Waals surface area contributed by atoms with Gasteiger partial charge in [0.25, 0.3) is 5.91 Å². The van der Waals surface area contributed by atoms with Crippen LogP contribution in [0.2, 0.25) is 0 Å². The van der Waals surface area contributed by atoms with E-state index >= 15 is 0 Å². The molecule has 0 spiro atoms. The van der Waals surface area contributed by atoms with Gasteiger partial charge in [0.15, 0.2) is 6.61 Å². The van der Waals surface area contributed by atoms with Crippen molar-refractivity contribution in [2.24, 2.45) is 5.92 Å². The van der Waals surface area contributed by atoms with Crippen molar-refractivity contribution in [3.05, 3.63) is 24.3 Å². The van der Waals surface area contributed by atoms with Crippen LogP contribution in [0.4, 0.5) is 0 Å². The minimum Gasteiger partial charge on any atom is -0.497 e. The second kappa shape index (κ2) is 7.14. The summed E-state index contributed by atoms with van der Waals surface area (Å²) < 4.78 is 10.4. The van der Waals surface area contributed by atoms with Crippen LogP contribution in [0.3, 0.4) is 0 Å². The fourth-order valence-corrected chi connectivity index (χ4v) is 1.97. The summed E-state index contributed by atoms with van der Waals surface area (Å²) in [6.45, 7) is 0.449. The van der Waals surface area contributed by atoms with E-state index in [9.17, 15) is 9.90 Å². The lowest BCUT2D eigenvalue weighted by molar-refractivity contribution is -0.123. The largest absolute Gasteiger partial charge is 0.497 e. The highest BCUT2D eigenvalue weighted by Gasteiger charge is 2.29. The molecule has 0 radical (unpaired) electrons. The van der Waals surface area contributed by atoms with Gasteiger partial charge in [-0.1, -0.05) is 6.07 Å². The van der Waals surface area contributed by atoms with Crippen LogP contribution in [0.1, 0.15) is 19.3 Å². The molecule has 1 amide bonds. The van der Waals surface area contributed by atoms with E-state index in [1.165, 1.54) is 0 Å². The molecule has 1 saturated carbocycles. The van der Waals surface area contributed by atoms with Crippen LogP contribution in [-0.2, 0) is 4.79 Å². The molecular weight excluding hydrogens is 258 g/mol. The van der Waals surface area contributed by atoms with Gasteiger partial charge in [-0.2, -0.15) is 0 Å². The van der Waals surface area contributed by atoms with E-state index in [0.29, 0.717) is 30.4 Å². The SMILES string of the molecule is COc1cccc(OCC(=O)NCC[C@@H](O)C2CC2)c1. The Morgan fingerprint density at radius 1 is 1.45 bits per heavy atom. The van der Waals surface area contributed by atoms with Crippen molar-refractivity contribution in [2.75, 3.05) is 20.3 Å². The van der Waals surface area contributed by atoms with Gasteiger partial charge in [-0.05, 0) is 37.3 Å². The molecule has 5 nitrogen and oxygen atoms in total. The third-order valence-corrected chi connectivity index (χ3v) is 3.34. The minimum absolute atomic E-state index is 0.0350. The van der Waals surface area contributed by atoms with E-state index in [0.717, 1.165) is 12.8 Å². The van der Waals surface area contributed by atoms with Crippen LogP contribution in [0, 0.1) is 5.92 Å². The maximum absolute atomic E-state index is 11.6. The van der Waals surface area contributed by atoms with E-state index < -0.39 is 0 Å². The van der Waals surface area contributed by atoms with Gasteiger partial charge in [-0.15, -0.1) is 0 Å². The number of hydrogen-bond donors (Lipinski definition) is 2. The number of nitrogens with one attached hydrogen (secondary N) is 1. The minimum atomic E-state index is -0.283. The van der Waals surface area contributed by atoms with Crippen molar-refractivity contribution in [1.82, 2.24) is 5.32 Å². The van der Waals surface area contributed by atoms with Crippen LogP contribution in [0.15, 0.2) is 24.3 Å². The number of methoxy groups -OCH3 is 1. The van der Waals surface area contributed by atoms with Crippen LogP contribution in [0.5, 0.6) is 11.5 Å². The van der Waals surface area contributed by atoms with Crippen molar-refractivity contribution in [3.8, 4) is 11.5 Å².